The van der Waals surface area contributed by atoms with Gasteiger partial charge in [0.15, 0.2) is 0 Å². The summed E-state index contributed by atoms with van der Waals surface area (Å²) in [6, 6.07) is 27.2. The first-order valence-corrected chi connectivity index (χ1v) is 12.2. The number of amides is 2. The number of anilines is 1. The smallest absolute Gasteiger partial charge is 0.411 e. The first-order valence-electron chi connectivity index (χ1n) is 12.2. The van der Waals surface area contributed by atoms with Gasteiger partial charge in [-0.25, -0.2) is 14.4 Å². The lowest BCUT2D eigenvalue weighted by molar-refractivity contribution is -0.147. The molecule has 0 saturated carbocycles. The molecule has 2 fully saturated rings. The first-order chi connectivity index (χ1) is 18.0. The molecule has 0 aromatic heterocycles. The fourth-order valence-corrected chi connectivity index (χ4v) is 5.39. The molecule has 190 valence electrons. The Morgan fingerprint density at radius 1 is 0.946 bits per heavy atom. The molecule has 0 unspecified atom stereocenters. The molecule has 0 aliphatic carbocycles. The number of nitrogens with zero attached hydrogens (tertiary/aromatic N) is 1. The number of nitrogens with one attached hydrogen (secondary N) is 1. The lowest BCUT2D eigenvalue weighted by Gasteiger charge is -2.34. The van der Waals surface area contributed by atoms with Crippen molar-refractivity contribution >= 4 is 23.8 Å². The van der Waals surface area contributed by atoms with Crippen LogP contribution >= 0.6 is 0 Å². The summed E-state index contributed by atoms with van der Waals surface area (Å²) in [5.74, 6) is -1.14. The minimum absolute atomic E-state index is 0.0457. The molecule has 5 rings (SSSR count). The van der Waals surface area contributed by atoms with Gasteiger partial charge in [0, 0.05) is 17.5 Å². The van der Waals surface area contributed by atoms with Crippen molar-refractivity contribution in [1.29, 1.82) is 0 Å². The highest BCUT2D eigenvalue weighted by molar-refractivity contribution is 5.89. The van der Waals surface area contributed by atoms with E-state index in [1.165, 1.54) is 4.90 Å². The van der Waals surface area contributed by atoms with E-state index >= 15 is 0 Å². The van der Waals surface area contributed by atoms with Crippen molar-refractivity contribution < 1.29 is 28.6 Å². The number of para-hydroxylation sites is 1. The highest BCUT2D eigenvalue weighted by Crippen LogP contribution is 2.52. The lowest BCUT2D eigenvalue weighted by Crippen LogP contribution is -2.55. The Labute approximate surface area is 215 Å². The monoisotopic (exact) mass is 500 g/mol. The molecule has 2 saturated heterocycles. The molecule has 4 atom stereocenters. The molecule has 2 heterocycles. The maximum Gasteiger partial charge on any atom is 0.411 e. The van der Waals surface area contributed by atoms with Crippen molar-refractivity contribution in [3.8, 4) is 0 Å². The highest BCUT2D eigenvalue weighted by Gasteiger charge is 2.67. The van der Waals surface area contributed by atoms with Crippen molar-refractivity contribution in [1.82, 2.24) is 4.90 Å². The van der Waals surface area contributed by atoms with Crippen LogP contribution in [-0.2, 0) is 25.6 Å². The van der Waals surface area contributed by atoms with Crippen LogP contribution < -0.4 is 5.32 Å². The van der Waals surface area contributed by atoms with Gasteiger partial charge in [-0.2, -0.15) is 0 Å². The van der Waals surface area contributed by atoms with Crippen molar-refractivity contribution in [2.75, 3.05) is 18.5 Å². The van der Waals surface area contributed by atoms with Crippen LogP contribution in [0.1, 0.15) is 24.0 Å². The zero-order valence-corrected chi connectivity index (χ0v) is 20.4. The van der Waals surface area contributed by atoms with Gasteiger partial charge in [0.25, 0.3) is 0 Å². The predicted octanol–water partition coefficient (Wildman–Crippen LogP) is 4.97. The van der Waals surface area contributed by atoms with E-state index in [4.69, 9.17) is 14.2 Å². The van der Waals surface area contributed by atoms with E-state index in [-0.39, 0.29) is 31.7 Å². The summed E-state index contributed by atoms with van der Waals surface area (Å²) >= 11 is 0. The molecule has 2 aliphatic heterocycles. The Hall–Kier alpha value is -4.33. The van der Waals surface area contributed by atoms with E-state index in [1.807, 2.05) is 66.7 Å². The molecule has 3 aromatic carbocycles. The average molecular weight is 501 g/mol. The van der Waals surface area contributed by atoms with Crippen LogP contribution in [0.2, 0.25) is 0 Å². The van der Waals surface area contributed by atoms with E-state index < -0.39 is 29.7 Å². The van der Waals surface area contributed by atoms with Gasteiger partial charge in [0.05, 0.1) is 12.6 Å². The molecule has 8 heteroatoms. The summed E-state index contributed by atoms with van der Waals surface area (Å²) < 4.78 is 16.8. The van der Waals surface area contributed by atoms with Crippen molar-refractivity contribution in [2.45, 2.75) is 31.0 Å². The Bertz CT molecular complexity index is 1250. The van der Waals surface area contributed by atoms with Crippen molar-refractivity contribution in [2.24, 2.45) is 5.92 Å². The van der Waals surface area contributed by atoms with E-state index in [0.29, 0.717) is 5.69 Å². The number of cyclic esters (lactones) is 1. The van der Waals surface area contributed by atoms with Gasteiger partial charge in [-0.15, -0.1) is 0 Å². The van der Waals surface area contributed by atoms with Gasteiger partial charge in [0.1, 0.15) is 18.8 Å². The number of hydrogen-bond acceptors (Lipinski definition) is 6. The van der Waals surface area contributed by atoms with Gasteiger partial charge < -0.3 is 14.2 Å². The van der Waals surface area contributed by atoms with Gasteiger partial charge >= 0.3 is 18.2 Å². The summed E-state index contributed by atoms with van der Waals surface area (Å²) in [6.07, 6.45) is -1.31. The number of fused-ring (bicyclic) bond motifs is 1. The van der Waals surface area contributed by atoms with Crippen LogP contribution in [0.25, 0.3) is 0 Å². The van der Waals surface area contributed by atoms with Crippen LogP contribution in [0.4, 0.5) is 15.3 Å². The molecular formula is C29H28N2O6. The number of benzene rings is 3. The average Bonchev–Trinajstić information content (AvgIpc) is 3.36. The highest BCUT2D eigenvalue weighted by atomic mass is 16.6. The summed E-state index contributed by atoms with van der Waals surface area (Å²) in [5.41, 5.74) is 1.07. The number of esters is 1. The fourth-order valence-electron chi connectivity index (χ4n) is 5.39. The Morgan fingerprint density at radius 2 is 1.57 bits per heavy atom. The number of likely N-dealkylation sites (tertiary alicyclic amines) is 1. The van der Waals surface area contributed by atoms with E-state index in [0.717, 1.165) is 11.1 Å². The van der Waals surface area contributed by atoms with Crippen LogP contribution in [0.3, 0.4) is 0 Å². The minimum atomic E-state index is -1.27. The maximum atomic E-state index is 13.6. The number of hydrogen-bond donors (Lipinski definition) is 1. The lowest BCUT2D eigenvalue weighted by atomic mass is 9.78. The second-order valence-corrected chi connectivity index (χ2v) is 9.36. The molecule has 3 aromatic rings. The summed E-state index contributed by atoms with van der Waals surface area (Å²) in [4.78, 5) is 40.7. The molecule has 37 heavy (non-hydrogen) atoms. The SMILES string of the molecule is C[C@]12C(=O)OC[C@H]1[C@H](c1ccccc1)[C@@H](COC(=O)Nc1ccccc1)N2C(=O)OCc1ccccc1. The fraction of sp³-hybridized carbons (Fsp3) is 0.276. The van der Waals surface area contributed by atoms with Gasteiger partial charge in [-0.05, 0) is 30.2 Å². The third-order valence-electron chi connectivity index (χ3n) is 7.20. The minimum Gasteiger partial charge on any atom is -0.464 e. The van der Waals surface area contributed by atoms with Crippen molar-refractivity contribution in [3.63, 3.8) is 0 Å². The number of rotatable bonds is 6. The van der Waals surface area contributed by atoms with E-state index in [2.05, 4.69) is 5.32 Å². The molecule has 8 nitrogen and oxygen atoms in total. The summed E-state index contributed by atoms with van der Waals surface area (Å²) in [6.45, 7) is 1.78. The van der Waals surface area contributed by atoms with Crippen LogP contribution in [-0.4, -0.2) is 47.9 Å². The Kier molecular flexibility index (Phi) is 6.81. The standard InChI is InChI=1S/C29H28N2O6/c1-29-23(18-35-26(29)32)25(21-13-7-3-8-14-21)24(19-36-27(33)30-22-15-9-4-10-16-22)31(29)28(34)37-17-20-11-5-2-6-12-20/h2-16,23-25H,17-19H2,1H3,(H,30,33)/t23-,24+,25-,29+/m0/s1. The number of carbonyl (C=O) groups excluding carboxylic acids is 3. The normalized spacial score (nSPS) is 24.2. The van der Waals surface area contributed by atoms with E-state index in [9.17, 15) is 14.4 Å². The maximum absolute atomic E-state index is 13.6. The quantitative estimate of drug-likeness (QED) is 0.379. The zero-order chi connectivity index (χ0) is 25.8. The number of ether oxygens (including phenoxy) is 3. The van der Waals surface area contributed by atoms with Crippen LogP contribution in [0, 0.1) is 5.92 Å². The molecule has 0 bridgehead atoms. The van der Waals surface area contributed by atoms with Gasteiger partial charge in [-0.1, -0.05) is 78.9 Å². The van der Waals surface area contributed by atoms with Crippen molar-refractivity contribution in [3.05, 3.63) is 102 Å². The van der Waals surface area contributed by atoms with Gasteiger partial charge in [-0.3, -0.25) is 10.2 Å². The summed E-state index contributed by atoms with van der Waals surface area (Å²) in [7, 11) is 0. The molecular weight excluding hydrogens is 472 g/mol. The predicted molar refractivity (Wildman–Crippen MR) is 136 cm³/mol. The summed E-state index contributed by atoms with van der Waals surface area (Å²) in [5, 5.41) is 2.69. The topological polar surface area (TPSA) is 94.2 Å². The van der Waals surface area contributed by atoms with E-state index in [1.54, 1.807) is 31.2 Å². The Morgan fingerprint density at radius 3 is 2.24 bits per heavy atom. The van der Waals surface area contributed by atoms with Crippen LogP contribution in [0.15, 0.2) is 91.0 Å². The molecule has 2 amide bonds. The molecule has 0 radical (unpaired) electrons. The Balaban J connectivity index is 1.43. The largest absolute Gasteiger partial charge is 0.464 e. The zero-order valence-electron chi connectivity index (χ0n) is 20.4. The molecule has 1 N–H and O–H groups in total. The number of carbonyl (C=O) groups is 3. The molecule has 0 spiro atoms. The third kappa shape index (κ3) is 4.74. The molecule has 2 aliphatic rings. The second-order valence-electron chi connectivity index (χ2n) is 9.36. The van der Waals surface area contributed by atoms with Gasteiger partial charge in [0.2, 0.25) is 0 Å². The third-order valence-corrected chi connectivity index (χ3v) is 7.20. The second kappa shape index (κ2) is 10.3. The van der Waals surface area contributed by atoms with Crippen LogP contribution in [0.5, 0.6) is 0 Å². The first kappa shape index (κ1) is 24.4.